The van der Waals surface area contributed by atoms with Crippen molar-refractivity contribution in [3.8, 4) is 0 Å². The van der Waals surface area contributed by atoms with Crippen LogP contribution in [-0.2, 0) is 17.7 Å². The summed E-state index contributed by atoms with van der Waals surface area (Å²) in [4.78, 5) is 19.4. The lowest BCUT2D eigenvalue weighted by molar-refractivity contribution is 0.0592. The Morgan fingerprint density at radius 1 is 1.57 bits per heavy atom. The number of ether oxygens (including phenoxy) is 1. The largest absolute Gasteiger partial charge is 0.464 e. The van der Waals surface area contributed by atoms with Crippen LogP contribution in [0.4, 0.5) is 0 Å². The Kier molecular flexibility index (Phi) is 2.41. The number of carbonyl (C=O) groups excluding carboxylic acids is 1. The minimum absolute atomic E-state index is 0.384. The number of esters is 1. The van der Waals surface area contributed by atoms with Crippen molar-refractivity contribution in [3.05, 3.63) is 23.3 Å². The van der Waals surface area contributed by atoms with Crippen molar-refractivity contribution < 1.29 is 9.53 Å². The fraction of sp³-hybridized carbons (Fsp3) is 0.444. The van der Waals surface area contributed by atoms with Crippen molar-refractivity contribution in [2.24, 2.45) is 0 Å². The number of carbonyl (C=O) groups is 1. The molecule has 5 nitrogen and oxygen atoms in total. The number of rotatable bonds is 1. The molecule has 1 aromatic rings. The molecule has 0 bridgehead atoms. The molecule has 0 atom stereocenters. The Morgan fingerprint density at radius 2 is 2.43 bits per heavy atom. The van der Waals surface area contributed by atoms with Gasteiger partial charge in [0.05, 0.1) is 12.8 Å². The molecule has 0 aromatic carbocycles. The maximum absolute atomic E-state index is 11.4. The summed E-state index contributed by atoms with van der Waals surface area (Å²) in [5.74, 6) is -0.384. The second kappa shape index (κ2) is 3.71. The van der Waals surface area contributed by atoms with E-state index in [0.717, 1.165) is 24.2 Å². The average molecular weight is 193 g/mol. The number of nitrogens with zero attached hydrogens (tertiary/aromatic N) is 2. The molecule has 0 amide bonds. The van der Waals surface area contributed by atoms with Crippen LogP contribution in [0.1, 0.15) is 21.7 Å². The number of hydrogen-bond acceptors (Lipinski definition) is 5. The van der Waals surface area contributed by atoms with Crippen molar-refractivity contribution in [3.63, 3.8) is 0 Å². The monoisotopic (exact) mass is 193 g/mol. The Morgan fingerprint density at radius 3 is 3.21 bits per heavy atom. The molecule has 0 spiro atoms. The first kappa shape index (κ1) is 9.08. The predicted molar refractivity (Wildman–Crippen MR) is 48.8 cm³/mol. The third-order valence-electron chi connectivity index (χ3n) is 2.26. The number of methoxy groups -OCH3 is 1. The zero-order valence-electron chi connectivity index (χ0n) is 7.91. The molecule has 0 fully saturated rings. The van der Waals surface area contributed by atoms with Gasteiger partial charge in [-0.25, -0.2) is 14.8 Å². The van der Waals surface area contributed by atoms with E-state index < -0.39 is 0 Å². The van der Waals surface area contributed by atoms with E-state index in [1.54, 1.807) is 0 Å². The Labute approximate surface area is 81.5 Å². The van der Waals surface area contributed by atoms with E-state index in [2.05, 4.69) is 20.0 Å². The normalized spacial score (nSPS) is 14.6. The highest BCUT2D eigenvalue weighted by Crippen LogP contribution is 2.14. The van der Waals surface area contributed by atoms with Gasteiger partial charge in [0.15, 0.2) is 5.69 Å². The highest BCUT2D eigenvalue weighted by Gasteiger charge is 2.19. The summed E-state index contributed by atoms with van der Waals surface area (Å²) in [7, 11) is 1.36. The van der Waals surface area contributed by atoms with Crippen LogP contribution in [0, 0.1) is 0 Å². The molecule has 0 saturated heterocycles. The van der Waals surface area contributed by atoms with Crippen molar-refractivity contribution in [1.29, 1.82) is 0 Å². The van der Waals surface area contributed by atoms with Crippen molar-refractivity contribution in [1.82, 2.24) is 15.3 Å². The lowest BCUT2D eigenvalue weighted by Crippen LogP contribution is -2.27. The molecule has 74 valence electrons. The van der Waals surface area contributed by atoms with E-state index in [1.165, 1.54) is 13.4 Å². The van der Waals surface area contributed by atoms with Gasteiger partial charge in [-0.05, 0) is 13.0 Å². The van der Waals surface area contributed by atoms with Gasteiger partial charge < -0.3 is 10.1 Å². The zero-order valence-corrected chi connectivity index (χ0v) is 7.91. The molecule has 5 heteroatoms. The van der Waals surface area contributed by atoms with Crippen molar-refractivity contribution >= 4 is 5.97 Å². The first-order chi connectivity index (χ1) is 6.83. The standard InChI is InChI=1S/C9H11N3O2/c1-14-9(13)8-6-2-3-10-4-7(6)11-5-12-8/h5,10H,2-4H2,1H3. The van der Waals surface area contributed by atoms with Gasteiger partial charge in [0, 0.05) is 12.1 Å². The third kappa shape index (κ3) is 1.46. The van der Waals surface area contributed by atoms with Gasteiger partial charge in [-0.2, -0.15) is 0 Å². The first-order valence-electron chi connectivity index (χ1n) is 4.44. The maximum Gasteiger partial charge on any atom is 0.357 e. The predicted octanol–water partition coefficient (Wildman–Crippen LogP) is -0.0911. The van der Waals surface area contributed by atoms with Gasteiger partial charge >= 0.3 is 5.97 Å². The van der Waals surface area contributed by atoms with E-state index >= 15 is 0 Å². The van der Waals surface area contributed by atoms with Crippen molar-refractivity contribution in [2.45, 2.75) is 13.0 Å². The van der Waals surface area contributed by atoms with Gasteiger partial charge in [0.25, 0.3) is 0 Å². The molecule has 1 aromatic heterocycles. The number of fused-ring (bicyclic) bond motifs is 1. The summed E-state index contributed by atoms with van der Waals surface area (Å²) in [6, 6.07) is 0. The molecular weight excluding hydrogens is 182 g/mol. The third-order valence-corrected chi connectivity index (χ3v) is 2.26. The lowest BCUT2D eigenvalue weighted by atomic mass is 10.0. The maximum atomic E-state index is 11.4. The number of hydrogen-bond donors (Lipinski definition) is 1. The summed E-state index contributed by atoms with van der Waals surface area (Å²) in [5, 5.41) is 3.18. The smallest absolute Gasteiger partial charge is 0.357 e. The van der Waals surface area contributed by atoms with Gasteiger partial charge in [-0.15, -0.1) is 0 Å². The molecule has 0 saturated carbocycles. The van der Waals surface area contributed by atoms with Crippen LogP contribution in [0.15, 0.2) is 6.33 Å². The van der Waals surface area contributed by atoms with Gasteiger partial charge in [0.1, 0.15) is 6.33 Å². The SMILES string of the molecule is COC(=O)c1ncnc2c1CCNC2. The molecule has 1 aliphatic rings. The second-order valence-electron chi connectivity index (χ2n) is 3.07. The molecule has 0 radical (unpaired) electrons. The summed E-state index contributed by atoms with van der Waals surface area (Å²) in [5.41, 5.74) is 2.21. The van der Waals surface area contributed by atoms with Gasteiger partial charge in [0.2, 0.25) is 0 Å². The topological polar surface area (TPSA) is 64.1 Å². The minimum Gasteiger partial charge on any atom is -0.464 e. The van der Waals surface area contributed by atoms with E-state index in [-0.39, 0.29) is 5.97 Å². The Balaban J connectivity index is 2.45. The van der Waals surface area contributed by atoms with E-state index in [1.807, 2.05) is 0 Å². The fourth-order valence-corrected chi connectivity index (χ4v) is 1.56. The minimum atomic E-state index is -0.384. The average Bonchev–Trinajstić information content (AvgIpc) is 2.27. The second-order valence-corrected chi connectivity index (χ2v) is 3.07. The highest BCUT2D eigenvalue weighted by molar-refractivity contribution is 5.89. The Hall–Kier alpha value is -1.49. The number of nitrogens with one attached hydrogen (secondary N) is 1. The van der Waals surface area contributed by atoms with Crippen LogP contribution in [-0.4, -0.2) is 29.6 Å². The van der Waals surface area contributed by atoms with E-state index in [0.29, 0.717) is 12.2 Å². The summed E-state index contributed by atoms with van der Waals surface area (Å²) in [6.07, 6.45) is 2.18. The number of aromatic nitrogens is 2. The van der Waals surface area contributed by atoms with Crippen LogP contribution in [0.2, 0.25) is 0 Å². The first-order valence-corrected chi connectivity index (χ1v) is 4.44. The van der Waals surface area contributed by atoms with E-state index in [9.17, 15) is 4.79 Å². The van der Waals surface area contributed by atoms with Crippen molar-refractivity contribution in [2.75, 3.05) is 13.7 Å². The molecule has 2 heterocycles. The quantitative estimate of drug-likeness (QED) is 0.631. The molecular formula is C9H11N3O2. The fourth-order valence-electron chi connectivity index (χ4n) is 1.56. The van der Waals surface area contributed by atoms with Crippen LogP contribution in [0.25, 0.3) is 0 Å². The lowest BCUT2D eigenvalue weighted by Gasteiger charge is -2.16. The summed E-state index contributed by atoms with van der Waals surface area (Å²) >= 11 is 0. The van der Waals surface area contributed by atoms with Crippen LogP contribution in [0.5, 0.6) is 0 Å². The molecule has 0 aliphatic carbocycles. The van der Waals surface area contributed by atoms with Crippen LogP contribution >= 0.6 is 0 Å². The summed E-state index contributed by atoms with van der Waals surface area (Å²) in [6.45, 7) is 1.55. The molecule has 1 N–H and O–H groups in total. The highest BCUT2D eigenvalue weighted by atomic mass is 16.5. The van der Waals surface area contributed by atoms with Crippen LogP contribution < -0.4 is 5.32 Å². The van der Waals surface area contributed by atoms with Crippen LogP contribution in [0.3, 0.4) is 0 Å². The molecule has 14 heavy (non-hydrogen) atoms. The Bertz CT molecular complexity index is 365. The van der Waals surface area contributed by atoms with E-state index in [4.69, 9.17) is 0 Å². The van der Waals surface area contributed by atoms with Gasteiger partial charge in [-0.1, -0.05) is 0 Å². The zero-order chi connectivity index (χ0) is 9.97. The van der Waals surface area contributed by atoms with Gasteiger partial charge in [-0.3, -0.25) is 0 Å². The molecule has 2 rings (SSSR count). The summed E-state index contributed by atoms with van der Waals surface area (Å²) < 4.78 is 4.65. The molecule has 0 unspecified atom stereocenters. The molecule has 1 aliphatic heterocycles.